The van der Waals surface area contributed by atoms with Crippen LogP contribution in [-0.2, 0) is 9.90 Å². The van der Waals surface area contributed by atoms with E-state index in [-0.39, 0.29) is 12.4 Å². The molecule has 0 saturated heterocycles. The second-order valence-corrected chi connectivity index (χ2v) is 2.26. The van der Waals surface area contributed by atoms with E-state index in [4.69, 9.17) is 0 Å². The van der Waals surface area contributed by atoms with Crippen LogP contribution in [0, 0.1) is 0 Å². The van der Waals surface area contributed by atoms with Crippen LogP contribution in [0.2, 0.25) is 0 Å². The van der Waals surface area contributed by atoms with Crippen LogP contribution in [-0.4, -0.2) is 29.8 Å². The number of hydrogen-bond acceptors (Lipinski definition) is 4. The van der Waals surface area contributed by atoms with E-state index in [2.05, 4.69) is 9.97 Å². The SMILES string of the molecule is CN(CC=O)c1cnc([O])cn1. The normalized spacial score (nSPS) is 9.42. The zero-order valence-corrected chi connectivity index (χ0v) is 6.60. The summed E-state index contributed by atoms with van der Waals surface area (Å²) in [4.78, 5) is 19.0. The lowest BCUT2D eigenvalue weighted by atomic mass is 10.5. The van der Waals surface area contributed by atoms with Crippen molar-refractivity contribution >= 4 is 12.1 Å². The summed E-state index contributed by atoms with van der Waals surface area (Å²) in [5.41, 5.74) is 0. The van der Waals surface area contributed by atoms with E-state index in [0.717, 1.165) is 12.5 Å². The van der Waals surface area contributed by atoms with Gasteiger partial charge in [0.1, 0.15) is 12.1 Å². The van der Waals surface area contributed by atoms with Gasteiger partial charge in [-0.3, -0.25) is 5.11 Å². The fourth-order valence-electron chi connectivity index (χ4n) is 0.712. The quantitative estimate of drug-likeness (QED) is 0.604. The summed E-state index contributed by atoms with van der Waals surface area (Å²) in [6.07, 6.45) is 3.22. The van der Waals surface area contributed by atoms with Gasteiger partial charge < -0.3 is 9.69 Å². The maximum Gasteiger partial charge on any atom is 0.288 e. The Morgan fingerprint density at radius 3 is 2.75 bits per heavy atom. The Morgan fingerprint density at radius 1 is 1.50 bits per heavy atom. The van der Waals surface area contributed by atoms with Crippen molar-refractivity contribution in [2.24, 2.45) is 0 Å². The Bertz CT molecular complexity index is 260. The molecule has 0 N–H and O–H groups in total. The predicted molar refractivity (Wildman–Crippen MR) is 41.5 cm³/mol. The molecule has 0 atom stereocenters. The lowest BCUT2D eigenvalue weighted by Crippen LogP contribution is -2.20. The van der Waals surface area contributed by atoms with Crippen LogP contribution < -0.4 is 4.90 Å². The lowest BCUT2D eigenvalue weighted by molar-refractivity contribution is -0.106. The first-order valence-electron chi connectivity index (χ1n) is 3.38. The van der Waals surface area contributed by atoms with E-state index in [9.17, 15) is 9.90 Å². The summed E-state index contributed by atoms with van der Waals surface area (Å²) in [7, 11) is 1.70. The third-order valence-electron chi connectivity index (χ3n) is 1.35. The number of carbonyl (C=O) groups excluding carboxylic acids is 1. The van der Waals surface area contributed by atoms with E-state index in [0.29, 0.717) is 5.82 Å². The van der Waals surface area contributed by atoms with Crippen LogP contribution in [0.5, 0.6) is 5.88 Å². The minimum Gasteiger partial charge on any atom is -0.351 e. The summed E-state index contributed by atoms with van der Waals surface area (Å²) in [6.45, 7) is 0.243. The van der Waals surface area contributed by atoms with E-state index >= 15 is 0 Å². The molecule has 0 bridgehead atoms. The Kier molecular flexibility index (Phi) is 2.57. The van der Waals surface area contributed by atoms with Crippen LogP contribution in [0.15, 0.2) is 12.4 Å². The topological polar surface area (TPSA) is 66.0 Å². The molecule has 63 valence electrons. The van der Waals surface area contributed by atoms with Gasteiger partial charge in [0.2, 0.25) is 0 Å². The Hall–Kier alpha value is -1.65. The van der Waals surface area contributed by atoms with Crippen molar-refractivity contribution in [1.29, 1.82) is 0 Å². The second kappa shape index (κ2) is 3.66. The fourth-order valence-corrected chi connectivity index (χ4v) is 0.712. The molecule has 0 spiro atoms. The van der Waals surface area contributed by atoms with Crippen LogP contribution in [0.25, 0.3) is 0 Å². The molecule has 1 aromatic heterocycles. The maximum atomic E-state index is 10.5. The fraction of sp³-hybridized carbons (Fsp3) is 0.286. The standard InChI is InChI=1S/C7H8N3O2/c1-10(2-3-11)6-4-9-7(12)5-8-6/h3-5H,2H2,1H3. The maximum absolute atomic E-state index is 10.5. The first-order valence-corrected chi connectivity index (χ1v) is 3.38. The molecule has 1 rings (SSSR count). The first-order chi connectivity index (χ1) is 5.74. The molecule has 0 aliphatic carbocycles. The van der Waals surface area contributed by atoms with Crippen molar-refractivity contribution in [1.82, 2.24) is 9.97 Å². The average molecular weight is 166 g/mol. The second-order valence-electron chi connectivity index (χ2n) is 2.26. The van der Waals surface area contributed by atoms with Gasteiger partial charge in [0.25, 0.3) is 5.88 Å². The number of hydrogen-bond donors (Lipinski definition) is 0. The molecule has 5 heteroatoms. The molecule has 5 nitrogen and oxygen atoms in total. The van der Waals surface area contributed by atoms with Gasteiger partial charge in [0.15, 0.2) is 0 Å². The third kappa shape index (κ3) is 1.91. The molecular formula is C7H8N3O2. The zero-order valence-electron chi connectivity index (χ0n) is 6.60. The first kappa shape index (κ1) is 8.45. The largest absolute Gasteiger partial charge is 0.351 e. The minimum atomic E-state index is -0.377. The molecule has 0 aliphatic rings. The van der Waals surface area contributed by atoms with Gasteiger partial charge >= 0.3 is 0 Å². The summed E-state index contributed by atoms with van der Waals surface area (Å²) in [5.74, 6) is 0.139. The van der Waals surface area contributed by atoms with Crippen LogP contribution in [0.4, 0.5) is 5.82 Å². The van der Waals surface area contributed by atoms with E-state index in [1.54, 1.807) is 11.9 Å². The van der Waals surface area contributed by atoms with Gasteiger partial charge in [-0.2, -0.15) is 0 Å². The molecule has 0 unspecified atom stereocenters. The molecule has 12 heavy (non-hydrogen) atoms. The lowest BCUT2D eigenvalue weighted by Gasteiger charge is -2.12. The highest BCUT2D eigenvalue weighted by Crippen LogP contribution is 2.08. The Morgan fingerprint density at radius 2 is 2.25 bits per heavy atom. The van der Waals surface area contributed by atoms with Crippen molar-refractivity contribution in [3.63, 3.8) is 0 Å². The van der Waals surface area contributed by atoms with E-state index in [1.807, 2.05) is 0 Å². The molecule has 0 aromatic carbocycles. The number of carbonyl (C=O) groups is 1. The molecule has 0 saturated carbocycles. The van der Waals surface area contributed by atoms with Crippen molar-refractivity contribution < 1.29 is 9.90 Å². The highest BCUT2D eigenvalue weighted by atomic mass is 16.3. The molecule has 0 aliphatic heterocycles. The Labute approximate surface area is 69.7 Å². The van der Waals surface area contributed by atoms with Crippen molar-refractivity contribution in [2.75, 3.05) is 18.5 Å². The summed E-state index contributed by atoms with van der Waals surface area (Å²) in [5, 5.41) is 10.5. The van der Waals surface area contributed by atoms with Gasteiger partial charge in [0.05, 0.1) is 18.9 Å². The summed E-state index contributed by atoms with van der Waals surface area (Å²) >= 11 is 0. The summed E-state index contributed by atoms with van der Waals surface area (Å²) < 4.78 is 0. The zero-order chi connectivity index (χ0) is 8.97. The average Bonchev–Trinajstić information content (AvgIpc) is 2.06. The number of rotatable bonds is 3. The van der Waals surface area contributed by atoms with Gasteiger partial charge in [0, 0.05) is 7.05 Å². The number of likely N-dealkylation sites (N-methyl/N-ethyl adjacent to an activating group) is 1. The van der Waals surface area contributed by atoms with Crippen LogP contribution in [0.1, 0.15) is 0 Å². The van der Waals surface area contributed by atoms with Crippen molar-refractivity contribution in [2.45, 2.75) is 0 Å². The number of aldehydes is 1. The monoisotopic (exact) mass is 166 g/mol. The smallest absolute Gasteiger partial charge is 0.288 e. The van der Waals surface area contributed by atoms with Crippen LogP contribution in [0.3, 0.4) is 0 Å². The van der Waals surface area contributed by atoms with Gasteiger partial charge in [-0.1, -0.05) is 0 Å². The Balaban J connectivity index is 2.74. The van der Waals surface area contributed by atoms with Gasteiger partial charge in [-0.15, -0.1) is 0 Å². The molecule has 0 amide bonds. The molecular weight excluding hydrogens is 158 g/mol. The highest BCUT2D eigenvalue weighted by molar-refractivity contribution is 5.58. The minimum absolute atomic E-state index is 0.243. The third-order valence-corrected chi connectivity index (χ3v) is 1.35. The van der Waals surface area contributed by atoms with Crippen LogP contribution >= 0.6 is 0 Å². The molecule has 1 aromatic rings. The molecule has 1 heterocycles. The number of anilines is 1. The van der Waals surface area contributed by atoms with Gasteiger partial charge in [-0.25, -0.2) is 9.97 Å². The van der Waals surface area contributed by atoms with Gasteiger partial charge in [-0.05, 0) is 0 Å². The van der Waals surface area contributed by atoms with Crippen molar-refractivity contribution in [3.8, 4) is 5.88 Å². The van der Waals surface area contributed by atoms with E-state index < -0.39 is 0 Å². The highest BCUT2D eigenvalue weighted by Gasteiger charge is 2.01. The number of nitrogens with zero attached hydrogens (tertiary/aromatic N) is 3. The van der Waals surface area contributed by atoms with E-state index in [1.165, 1.54) is 6.20 Å². The molecule has 1 radical (unpaired) electrons. The predicted octanol–water partition coefficient (Wildman–Crippen LogP) is 0.255. The van der Waals surface area contributed by atoms with Crippen molar-refractivity contribution in [3.05, 3.63) is 12.4 Å². The molecule has 0 fully saturated rings. The number of aromatic nitrogens is 2. The summed E-state index contributed by atoms with van der Waals surface area (Å²) in [6, 6.07) is 0.